The van der Waals surface area contributed by atoms with E-state index in [4.69, 9.17) is 0 Å². The zero-order valence-electron chi connectivity index (χ0n) is 12.7. The summed E-state index contributed by atoms with van der Waals surface area (Å²) in [7, 11) is -1.89. The summed E-state index contributed by atoms with van der Waals surface area (Å²) in [5, 5.41) is 2.02. The highest BCUT2D eigenvalue weighted by Gasteiger charge is 2.27. The fraction of sp³-hybridized carbons (Fsp3) is 0.188. The minimum absolute atomic E-state index is 0.0764. The summed E-state index contributed by atoms with van der Waals surface area (Å²) >= 11 is 1.55. The fourth-order valence-corrected chi connectivity index (χ4v) is 4.42. The highest BCUT2D eigenvalue weighted by atomic mass is 32.2. The van der Waals surface area contributed by atoms with Crippen LogP contribution in [0.5, 0.6) is 0 Å². The summed E-state index contributed by atoms with van der Waals surface area (Å²) in [6.45, 7) is 0.656. The quantitative estimate of drug-likeness (QED) is 0.689. The van der Waals surface area contributed by atoms with Gasteiger partial charge in [0.05, 0.1) is 6.33 Å². The molecule has 0 atom stereocenters. The van der Waals surface area contributed by atoms with E-state index in [-0.39, 0.29) is 5.03 Å². The van der Waals surface area contributed by atoms with Gasteiger partial charge in [-0.15, -0.1) is 11.3 Å². The average Bonchev–Trinajstić information content (AvgIpc) is 3.19. The lowest BCUT2D eigenvalue weighted by Crippen LogP contribution is -2.30. The summed E-state index contributed by atoms with van der Waals surface area (Å²) < 4.78 is 29.0. The molecule has 0 amide bonds. The molecule has 0 radical (unpaired) electrons. The Balaban J connectivity index is 1.93. The van der Waals surface area contributed by atoms with Gasteiger partial charge >= 0.3 is 0 Å². The first-order valence-electron chi connectivity index (χ1n) is 7.10. The molecule has 0 fully saturated rings. The largest absolute Gasteiger partial charge is 0.339 e. The van der Waals surface area contributed by atoms with Crippen LogP contribution in [0.25, 0.3) is 0 Å². The third-order valence-corrected chi connectivity index (χ3v) is 5.94. The Morgan fingerprint density at radius 2 is 1.91 bits per heavy atom. The van der Waals surface area contributed by atoms with Gasteiger partial charge in [0.25, 0.3) is 10.0 Å². The van der Waals surface area contributed by atoms with Crippen molar-refractivity contribution < 1.29 is 8.42 Å². The van der Waals surface area contributed by atoms with Gasteiger partial charge in [-0.25, -0.2) is 13.4 Å². The molecule has 5 nitrogen and oxygen atoms in total. The molecule has 0 bridgehead atoms. The zero-order valence-corrected chi connectivity index (χ0v) is 14.3. The van der Waals surface area contributed by atoms with E-state index in [1.165, 1.54) is 16.8 Å². The summed E-state index contributed by atoms with van der Waals surface area (Å²) in [4.78, 5) is 5.02. The smallest absolute Gasteiger partial charge is 0.262 e. The SMILES string of the molecule is Cn1cnc(S(=O)(=O)N(Cc2ccccc2)Cc2cccs2)c1. The summed E-state index contributed by atoms with van der Waals surface area (Å²) in [6.07, 6.45) is 3.03. The number of aryl methyl sites for hydroxylation is 1. The molecule has 3 aromatic rings. The molecule has 0 spiro atoms. The number of imidazole rings is 1. The highest BCUT2D eigenvalue weighted by Crippen LogP contribution is 2.21. The van der Waals surface area contributed by atoms with Crippen LogP contribution >= 0.6 is 11.3 Å². The minimum Gasteiger partial charge on any atom is -0.339 e. The molecule has 2 aromatic heterocycles. The third kappa shape index (κ3) is 3.69. The lowest BCUT2D eigenvalue weighted by molar-refractivity contribution is 0.402. The number of benzene rings is 1. The van der Waals surface area contributed by atoms with Gasteiger partial charge in [-0.05, 0) is 17.0 Å². The van der Waals surface area contributed by atoms with Crippen molar-refractivity contribution in [2.75, 3.05) is 0 Å². The lowest BCUT2D eigenvalue weighted by atomic mass is 10.2. The molecule has 120 valence electrons. The van der Waals surface area contributed by atoms with E-state index in [1.807, 2.05) is 47.8 Å². The normalized spacial score (nSPS) is 11.9. The molecule has 0 aliphatic heterocycles. The van der Waals surface area contributed by atoms with Crippen molar-refractivity contribution in [3.05, 3.63) is 70.8 Å². The number of hydrogen-bond acceptors (Lipinski definition) is 4. The summed E-state index contributed by atoms with van der Waals surface area (Å²) in [6, 6.07) is 13.5. The Kier molecular flexibility index (Phi) is 4.61. The van der Waals surface area contributed by atoms with Crippen molar-refractivity contribution in [3.63, 3.8) is 0 Å². The van der Waals surface area contributed by atoms with E-state index in [0.717, 1.165) is 10.4 Å². The van der Waals surface area contributed by atoms with Gasteiger partial charge < -0.3 is 4.57 Å². The van der Waals surface area contributed by atoms with Crippen molar-refractivity contribution in [3.8, 4) is 0 Å². The molecule has 0 saturated heterocycles. The Bertz CT molecular complexity index is 856. The lowest BCUT2D eigenvalue weighted by Gasteiger charge is -2.20. The van der Waals surface area contributed by atoms with Crippen molar-refractivity contribution in [2.45, 2.75) is 18.1 Å². The van der Waals surface area contributed by atoms with Crippen LogP contribution in [0.3, 0.4) is 0 Å². The number of aromatic nitrogens is 2. The van der Waals surface area contributed by atoms with Crippen LogP contribution in [0.1, 0.15) is 10.4 Å². The maximum absolute atomic E-state index is 12.9. The van der Waals surface area contributed by atoms with E-state index in [9.17, 15) is 8.42 Å². The van der Waals surface area contributed by atoms with E-state index in [0.29, 0.717) is 13.1 Å². The summed E-state index contributed by atoms with van der Waals surface area (Å²) in [5.74, 6) is 0. The monoisotopic (exact) mass is 347 g/mol. The summed E-state index contributed by atoms with van der Waals surface area (Å²) in [5.41, 5.74) is 0.948. The van der Waals surface area contributed by atoms with Gasteiger partial charge in [0.15, 0.2) is 5.03 Å². The van der Waals surface area contributed by atoms with Gasteiger partial charge in [-0.3, -0.25) is 0 Å². The highest BCUT2D eigenvalue weighted by molar-refractivity contribution is 7.89. The van der Waals surface area contributed by atoms with Crippen LogP contribution in [0.2, 0.25) is 0 Å². The molecule has 0 aliphatic carbocycles. The molecule has 0 N–H and O–H groups in total. The van der Waals surface area contributed by atoms with Crippen molar-refractivity contribution >= 4 is 21.4 Å². The minimum atomic E-state index is -3.65. The Morgan fingerprint density at radius 3 is 2.52 bits per heavy atom. The first-order chi connectivity index (χ1) is 11.1. The van der Waals surface area contributed by atoms with Crippen LogP contribution in [0.15, 0.2) is 65.4 Å². The molecule has 0 aliphatic rings. The van der Waals surface area contributed by atoms with Gasteiger partial charge in [0.1, 0.15) is 0 Å². The fourth-order valence-electron chi connectivity index (χ4n) is 2.24. The third-order valence-electron chi connectivity index (χ3n) is 3.40. The first-order valence-corrected chi connectivity index (χ1v) is 9.42. The number of sulfonamides is 1. The number of rotatable bonds is 6. The van der Waals surface area contributed by atoms with E-state index < -0.39 is 10.0 Å². The molecule has 7 heteroatoms. The van der Waals surface area contributed by atoms with Crippen LogP contribution in [0.4, 0.5) is 0 Å². The first kappa shape index (κ1) is 15.9. The van der Waals surface area contributed by atoms with Crippen LogP contribution in [0, 0.1) is 0 Å². The molecular weight excluding hydrogens is 330 g/mol. The number of thiophene rings is 1. The predicted molar refractivity (Wildman–Crippen MR) is 90.4 cm³/mol. The van der Waals surface area contributed by atoms with Gasteiger partial charge in [0.2, 0.25) is 0 Å². The molecule has 3 rings (SSSR count). The molecular formula is C16H17N3O2S2. The second-order valence-corrected chi connectivity index (χ2v) is 8.13. The molecule has 0 saturated carbocycles. The van der Waals surface area contributed by atoms with E-state index >= 15 is 0 Å². The second-order valence-electron chi connectivity index (χ2n) is 5.22. The predicted octanol–water partition coefficient (Wildman–Crippen LogP) is 2.87. The van der Waals surface area contributed by atoms with Crippen LogP contribution < -0.4 is 0 Å². The Morgan fingerprint density at radius 1 is 1.13 bits per heavy atom. The second kappa shape index (κ2) is 6.66. The Labute approximate surface area is 139 Å². The van der Waals surface area contributed by atoms with Crippen LogP contribution in [-0.2, 0) is 30.2 Å². The maximum atomic E-state index is 12.9. The maximum Gasteiger partial charge on any atom is 0.262 e. The molecule has 0 unspecified atom stereocenters. The van der Waals surface area contributed by atoms with Crippen molar-refractivity contribution in [2.24, 2.45) is 7.05 Å². The van der Waals surface area contributed by atoms with Gasteiger partial charge in [-0.1, -0.05) is 36.4 Å². The van der Waals surface area contributed by atoms with Gasteiger partial charge in [0, 0.05) is 31.2 Å². The molecule has 23 heavy (non-hydrogen) atoms. The standard InChI is InChI=1S/C16H17N3O2S2/c1-18-12-16(17-13-18)23(20,21)19(11-15-8-5-9-22-15)10-14-6-3-2-4-7-14/h2-9,12-13H,10-11H2,1H3. The number of hydrogen-bond donors (Lipinski definition) is 0. The zero-order chi connectivity index (χ0) is 16.3. The molecule has 2 heterocycles. The number of nitrogens with zero attached hydrogens (tertiary/aromatic N) is 3. The van der Waals surface area contributed by atoms with E-state index in [2.05, 4.69) is 4.98 Å². The Hall–Kier alpha value is -1.96. The van der Waals surface area contributed by atoms with E-state index in [1.54, 1.807) is 23.0 Å². The van der Waals surface area contributed by atoms with Crippen LogP contribution in [-0.4, -0.2) is 22.3 Å². The topological polar surface area (TPSA) is 55.2 Å². The van der Waals surface area contributed by atoms with Crippen molar-refractivity contribution in [1.29, 1.82) is 0 Å². The van der Waals surface area contributed by atoms with Crippen molar-refractivity contribution in [1.82, 2.24) is 13.9 Å². The van der Waals surface area contributed by atoms with Gasteiger partial charge in [-0.2, -0.15) is 4.31 Å². The average molecular weight is 347 g/mol. The molecule has 1 aromatic carbocycles.